The number of phenolic OH excluding ortho intramolecular Hbond substituents is 1. The number of hydrogen-bond acceptors (Lipinski definition) is 4. The maximum absolute atomic E-state index is 12.9. The minimum absolute atomic E-state index is 0.163. The van der Waals surface area contributed by atoms with Crippen LogP contribution in [0.15, 0.2) is 65.5 Å². The average molecular weight is 433 g/mol. The van der Waals surface area contributed by atoms with E-state index in [1.807, 2.05) is 56.4 Å². The van der Waals surface area contributed by atoms with Gasteiger partial charge in [0.15, 0.2) is 0 Å². The zero-order valence-corrected chi connectivity index (χ0v) is 18.4. The zero-order valence-electron chi connectivity index (χ0n) is 18.4. The fourth-order valence-electron chi connectivity index (χ4n) is 4.03. The molecule has 32 heavy (non-hydrogen) atoms. The van der Waals surface area contributed by atoms with Crippen molar-refractivity contribution >= 4 is 17.2 Å². The van der Waals surface area contributed by atoms with Crippen molar-refractivity contribution in [2.45, 2.75) is 19.8 Å². The molecule has 0 radical (unpaired) electrons. The Kier molecular flexibility index (Phi) is 6.28. The molecule has 0 atom stereocenters. The molecule has 0 saturated heterocycles. The highest BCUT2D eigenvalue weighted by molar-refractivity contribution is 5.91. The van der Waals surface area contributed by atoms with E-state index in [9.17, 15) is 14.7 Å². The van der Waals surface area contributed by atoms with Crippen molar-refractivity contribution in [3.05, 3.63) is 82.3 Å². The third kappa shape index (κ3) is 4.53. The number of para-hydroxylation sites is 1. The van der Waals surface area contributed by atoms with Crippen LogP contribution in [-0.4, -0.2) is 44.9 Å². The van der Waals surface area contributed by atoms with Crippen molar-refractivity contribution in [2.75, 3.05) is 25.0 Å². The Morgan fingerprint density at radius 1 is 1.09 bits per heavy atom. The van der Waals surface area contributed by atoms with Crippen molar-refractivity contribution in [1.82, 2.24) is 14.3 Å². The van der Waals surface area contributed by atoms with Crippen LogP contribution >= 0.6 is 0 Å². The number of amides is 1. The summed E-state index contributed by atoms with van der Waals surface area (Å²) in [6.45, 7) is 4.10. The maximum Gasteiger partial charge on any atom is 0.295 e. The second-order valence-corrected chi connectivity index (χ2v) is 8.06. The molecule has 1 aliphatic heterocycles. The fourth-order valence-corrected chi connectivity index (χ4v) is 4.03. The van der Waals surface area contributed by atoms with E-state index in [1.54, 1.807) is 21.5 Å². The molecule has 0 bridgehead atoms. The Morgan fingerprint density at radius 3 is 2.47 bits per heavy atom. The fraction of sp³-hybridized carbons (Fsp3) is 0.280. The van der Waals surface area contributed by atoms with E-state index >= 15 is 0 Å². The van der Waals surface area contributed by atoms with E-state index < -0.39 is 0 Å². The molecule has 0 aliphatic carbocycles. The summed E-state index contributed by atoms with van der Waals surface area (Å²) in [6.07, 6.45) is 3.39. The van der Waals surface area contributed by atoms with Crippen molar-refractivity contribution in [2.24, 2.45) is 7.05 Å². The number of phenols is 1. The first-order chi connectivity index (χ1) is 15.4. The molecule has 4 rings (SSSR count). The second kappa shape index (κ2) is 9.28. The van der Waals surface area contributed by atoms with E-state index in [1.165, 1.54) is 5.57 Å². The molecule has 2 heterocycles. The summed E-state index contributed by atoms with van der Waals surface area (Å²) < 4.78 is 3.32. The molecule has 7 nitrogen and oxygen atoms in total. The van der Waals surface area contributed by atoms with E-state index in [4.69, 9.17) is 0 Å². The van der Waals surface area contributed by atoms with E-state index in [0.717, 1.165) is 30.8 Å². The topological polar surface area (TPSA) is 79.5 Å². The summed E-state index contributed by atoms with van der Waals surface area (Å²) in [7, 11) is 1.81. The molecule has 3 aromatic rings. The lowest BCUT2D eigenvalue weighted by Gasteiger charge is -2.26. The third-order valence-electron chi connectivity index (χ3n) is 6.01. The monoisotopic (exact) mass is 432 g/mol. The van der Waals surface area contributed by atoms with Gasteiger partial charge in [0, 0.05) is 33.1 Å². The van der Waals surface area contributed by atoms with Gasteiger partial charge in [0.1, 0.15) is 11.4 Å². The minimum Gasteiger partial charge on any atom is -0.508 e. The lowest BCUT2D eigenvalue weighted by Crippen LogP contribution is -2.32. The van der Waals surface area contributed by atoms with Crippen molar-refractivity contribution < 1.29 is 9.90 Å². The Bertz CT molecular complexity index is 1190. The Balaban J connectivity index is 1.36. The van der Waals surface area contributed by atoms with Crippen LogP contribution in [0.4, 0.5) is 5.69 Å². The molecule has 166 valence electrons. The number of nitrogens with zero attached hydrogens (tertiary/aromatic N) is 3. The molecule has 0 saturated carbocycles. The van der Waals surface area contributed by atoms with Crippen LogP contribution < -0.4 is 10.9 Å². The SMILES string of the molecule is Cc1c(NC(=O)CCN2CC=C(c3ccc(O)cc3)CC2)c(=O)n(-c2ccccc2)n1C. The lowest BCUT2D eigenvalue weighted by atomic mass is 9.99. The van der Waals surface area contributed by atoms with Crippen LogP contribution in [0.3, 0.4) is 0 Å². The lowest BCUT2D eigenvalue weighted by molar-refractivity contribution is -0.116. The summed E-state index contributed by atoms with van der Waals surface area (Å²) in [4.78, 5) is 27.8. The summed E-state index contributed by atoms with van der Waals surface area (Å²) >= 11 is 0. The van der Waals surface area contributed by atoms with Crippen LogP contribution in [0, 0.1) is 6.92 Å². The van der Waals surface area contributed by atoms with E-state index in [-0.39, 0.29) is 17.2 Å². The van der Waals surface area contributed by atoms with Crippen LogP contribution in [0.2, 0.25) is 0 Å². The number of hydrogen-bond donors (Lipinski definition) is 2. The van der Waals surface area contributed by atoms with Gasteiger partial charge in [0.25, 0.3) is 5.56 Å². The van der Waals surface area contributed by atoms with Gasteiger partial charge in [-0.3, -0.25) is 19.2 Å². The van der Waals surface area contributed by atoms with E-state index in [2.05, 4.69) is 16.3 Å². The minimum atomic E-state index is -0.232. The molecular weight excluding hydrogens is 404 g/mol. The number of nitrogens with one attached hydrogen (secondary N) is 1. The molecule has 1 amide bonds. The molecule has 1 aliphatic rings. The van der Waals surface area contributed by atoms with Gasteiger partial charge in [0.05, 0.1) is 11.4 Å². The summed E-state index contributed by atoms with van der Waals surface area (Å²) in [6, 6.07) is 16.6. The van der Waals surface area contributed by atoms with Crippen LogP contribution in [0.1, 0.15) is 24.1 Å². The number of benzene rings is 2. The predicted molar refractivity (Wildman–Crippen MR) is 126 cm³/mol. The highest BCUT2D eigenvalue weighted by Gasteiger charge is 2.19. The van der Waals surface area contributed by atoms with Gasteiger partial charge >= 0.3 is 0 Å². The molecular formula is C25H28N4O3. The predicted octanol–water partition coefficient (Wildman–Crippen LogP) is 3.31. The summed E-state index contributed by atoms with van der Waals surface area (Å²) in [5.41, 5.74) is 3.94. The van der Waals surface area contributed by atoms with Gasteiger partial charge in [-0.25, -0.2) is 4.68 Å². The standard InChI is InChI=1S/C25H28N4O3/c1-18-24(25(32)29(27(18)2)21-6-4-3-5-7-21)26-23(31)14-17-28-15-12-20(13-16-28)19-8-10-22(30)11-9-19/h3-12,30H,13-17H2,1-2H3,(H,26,31). The highest BCUT2D eigenvalue weighted by atomic mass is 16.3. The molecule has 1 aromatic heterocycles. The smallest absolute Gasteiger partial charge is 0.295 e. The summed E-state index contributed by atoms with van der Waals surface area (Å²) in [5.74, 6) is 0.103. The average Bonchev–Trinajstić information content (AvgIpc) is 3.02. The zero-order chi connectivity index (χ0) is 22.7. The molecule has 0 unspecified atom stereocenters. The number of aromatic hydroxyl groups is 1. The maximum atomic E-state index is 12.9. The van der Waals surface area contributed by atoms with Gasteiger partial charge in [-0.1, -0.05) is 36.4 Å². The third-order valence-corrected chi connectivity index (χ3v) is 6.01. The van der Waals surface area contributed by atoms with Crippen LogP contribution in [0.25, 0.3) is 11.3 Å². The highest BCUT2D eigenvalue weighted by Crippen LogP contribution is 2.24. The first-order valence-corrected chi connectivity index (χ1v) is 10.8. The first kappa shape index (κ1) is 21.6. The van der Waals surface area contributed by atoms with Gasteiger partial charge in [0.2, 0.25) is 5.91 Å². The number of anilines is 1. The van der Waals surface area contributed by atoms with Crippen LogP contribution in [0.5, 0.6) is 5.75 Å². The quantitative estimate of drug-likeness (QED) is 0.626. The second-order valence-electron chi connectivity index (χ2n) is 8.06. The van der Waals surface area contributed by atoms with Gasteiger partial charge in [-0.05, 0) is 48.7 Å². The van der Waals surface area contributed by atoms with Crippen molar-refractivity contribution in [1.29, 1.82) is 0 Å². The largest absolute Gasteiger partial charge is 0.508 e. The van der Waals surface area contributed by atoms with Gasteiger partial charge in [-0.15, -0.1) is 0 Å². The number of carbonyl (C=O) groups excluding carboxylic acids is 1. The molecule has 7 heteroatoms. The van der Waals surface area contributed by atoms with Crippen molar-refractivity contribution in [3.63, 3.8) is 0 Å². The normalized spacial score (nSPS) is 14.2. The summed E-state index contributed by atoms with van der Waals surface area (Å²) in [5, 5.41) is 12.3. The number of aromatic nitrogens is 2. The van der Waals surface area contributed by atoms with Gasteiger partial charge in [-0.2, -0.15) is 0 Å². The number of carbonyl (C=O) groups is 1. The van der Waals surface area contributed by atoms with Crippen LogP contribution in [-0.2, 0) is 11.8 Å². The molecule has 2 aromatic carbocycles. The van der Waals surface area contributed by atoms with Crippen molar-refractivity contribution in [3.8, 4) is 11.4 Å². The van der Waals surface area contributed by atoms with Gasteiger partial charge < -0.3 is 10.4 Å². The van der Waals surface area contributed by atoms with E-state index in [0.29, 0.717) is 24.3 Å². The Hall–Kier alpha value is -3.58. The number of rotatable bonds is 6. The Morgan fingerprint density at radius 2 is 1.81 bits per heavy atom. The molecule has 2 N–H and O–H groups in total. The molecule has 0 fully saturated rings. The Labute approximate surface area is 187 Å². The molecule has 0 spiro atoms. The first-order valence-electron chi connectivity index (χ1n) is 10.8.